The summed E-state index contributed by atoms with van der Waals surface area (Å²) in [5.74, 6) is -1.20. The molecule has 1 aromatic carbocycles. The highest BCUT2D eigenvalue weighted by molar-refractivity contribution is 5.97. The number of hydrogen-bond donors (Lipinski definition) is 5. The molecule has 174 valence electrons. The molecule has 0 bridgehead atoms. The number of aryl methyl sites for hydroxylation is 1. The summed E-state index contributed by atoms with van der Waals surface area (Å²) in [6.07, 6.45) is -5.02. The van der Waals surface area contributed by atoms with Crippen LogP contribution in [0.15, 0.2) is 24.4 Å². The fourth-order valence-corrected chi connectivity index (χ4v) is 3.18. The molecule has 0 aliphatic carbocycles. The van der Waals surface area contributed by atoms with E-state index in [2.05, 4.69) is 15.3 Å². The second-order valence-corrected chi connectivity index (χ2v) is 7.28. The summed E-state index contributed by atoms with van der Waals surface area (Å²) in [6, 6.07) is 1.61. The zero-order chi connectivity index (χ0) is 26.2. The number of aliphatic hydroxyl groups excluding tert-OH is 2. The molecule has 0 unspecified atom stereocenters. The number of aromatic nitrogens is 2. The van der Waals surface area contributed by atoms with E-state index in [1.165, 1.54) is 0 Å². The van der Waals surface area contributed by atoms with Crippen LogP contribution in [0.25, 0.3) is 11.3 Å². The van der Waals surface area contributed by atoms with Crippen molar-refractivity contribution in [2.24, 2.45) is 0 Å². The molecule has 2 aromatic rings. The SMILES string of the molecule is [2H]C([2H])([2H])c1ccc([C@](O)(CO)C(F)(F)F)cc1-c1cnc(N)c(C(=O)N[C@@H]2CCOC[C@H]2O)n1. The van der Waals surface area contributed by atoms with Crippen molar-refractivity contribution in [3.63, 3.8) is 0 Å². The van der Waals surface area contributed by atoms with E-state index in [1.54, 1.807) is 0 Å². The number of nitrogens with one attached hydrogen (secondary N) is 1. The third-order valence-corrected chi connectivity index (χ3v) is 5.13. The van der Waals surface area contributed by atoms with E-state index in [1.807, 2.05) is 0 Å². The van der Waals surface area contributed by atoms with Gasteiger partial charge in [0.05, 0.1) is 37.3 Å². The molecule has 0 spiro atoms. The van der Waals surface area contributed by atoms with E-state index in [0.29, 0.717) is 6.42 Å². The van der Waals surface area contributed by atoms with Crippen molar-refractivity contribution < 1.29 is 42.1 Å². The molecule has 1 saturated heterocycles. The number of alkyl halides is 3. The third kappa shape index (κ3) is 4.53. The first kappa shape index (κ1) is 19.9. The van der Waals surface area contributed by atoms with E-state index in [0.717, 1.165) is 24.4 Å². The molecule has 1 fully saturated rings. The number of carbonyl (C=O) groups excluding carboxylic acids is 1. The highest BCUT2D eigenvalue weighted by Gasteiger charge is 2.54. The van der Waals surface area contributed by atoms with Crippen LogP contribution in [-0.2, 0) is 10.3 Å². The van der Waals surface area contributed by atoms with Crippen LogP contribution in [0.3, 0.4) is 0 Å². The lowest BCUT2D eigenvalue weighted by Gasteiger charge is -2.29. The van der Waals surface area contributed by atoms with Crippen LogP contribution in [0.2, 0.25) is 0 Å². The molecule has 1 aromatic heterocycles. The van der Waals surface area contributed by atoms with Gasteiger partial charge in [0.2, 0.25) is 5.60 Å². The zero-order valence-corrected chi connectivity index (χ0v) is 16.6. The Labute approximate surface area is 185 Å². The summed E-state index contributed by atoms with van der Waals surface area (Å²) in [4.78, 5) is 20.6. The van der Waals surface area contributed by atoms with Crippen LogP contribution < -0.4 is 11.1 Å². The van der Waals surface area contributed by atoms with Gasteiger partial charge in [0, 0.05) is 16.3 Å². The summed E-state index contributed by atoms with van der Waals surface area (Å²) in [7, 11) is 0. The summed E-state index contributed by atoms with van der Waals surface area (Å²) in [5.41, 5.74) is -0.351. The van der Waals surface area contributed by atoms with Crippen molar-refractivity contribution in [3.05, 3.63) is 41.2 Å². The molecule has 2 heterocycles. The molecule has 9 nitrogen and oxygen atoms in total. The second kappa shape index (κ2) is 8.98. The number of nitrogen functional groups attached to an aromatic ring is 1. The van der Waals surface area contributed by atoms with Crippen LogP contribution in [0.5, 0.6) is 0 Å². The van der Waals surface area contributed by atoms with Crippen molar-refractivity contribution in [2.75, 3.05) is 25.6 Å². The number of ether oxygens (including phenoxy) is 1. The molecular weight excluding hydrogens is 433 g/mol. The topological polar surface area (TPSA) is 151 Å². The van der Waals surface area contributed by atoms with Crippen molar-refractivity contribution in [1.82, 2.24) is 15.3 Å². The van der Waals surface area contributed by atoms with Crippen molar-refractivity contribution in [3.8, 4) is 11.3 Å². The molecular formula is C20H23F3N4O5. The molecule has 3 atom stereocenters. The molecule has 0 saturated carbocycles. The van der Waals surface area contributed by atoms with E-state index in [4.69, 9.17) is 14.6 Å². The van der Waals surface area contributed by atoms with Crippen LogP contribution in [0, 0.1) is 6.85 Å². The van der Waals surface area contributed by atoms with Gasteiger partial charge < -0.3 is 31.1 Å². The van der Waals surface area contributed by atoms with E-state index in [9.17, 15) is 33.3 Å². The van der Waals surface area contributed by atoms with Gasteiger partial charge in [-0.25, -0.2) is 9.97 Å². The Morgan fingerprint density at radius 1 is 1.44 bits per heavy atom. The van der Waals surface area contributed by atoms with Crippen molar-refractivity contribution >= 4 is 11.7 Å². The minimum Gasteiger partial charge on any atom is -0.393 e. The second-order valence-electron chi connectivity index (χ2n) is 7.28. The number of nitrogens with two attached hydrogens (primary N) is 1. The van der Waals surface area contributed by atoms with Crippen LogP contribution in [-0.4, -0.2) is 69.3 Å². The molecule has 32 heavy (non-hydrogen) atoms. The van der Waals surface area contributed by atoms with Gasteiger partial charge in [0.15, 0.2) is 11.5 Å². The maximum Gasteiger partial charge on any atom is 0.423 e. The minimum atomic E-state index is -5.29. The summed E-state index contributed by atoms with van der Waals surface area (Å²) in [6.45, 7) is -4.27. The Bertz CT molecular complexity index is 1100. The zero-order valence-electron chi connectivity index (χ0n) is 19.6. The highest BCUT2D eigenvalue weighted by Crippen LogP contribution is 2.40. The van der Waals surface area contributed by atoms with Gasteiger partial charge in [0.25, 0.3) is 5.91 Å². The van der Waals surface area contributed by atoms with Crippen LogP contribution in [0.1, 0.15) is 32.1 Å². The minimum absolute atomic E-state index is 0.00610. The predicted octanol–water partition coefficient (Wildman–Crippen LogP) is 0.656. The van der Waals surface area contributed by atoms with Gasteiger partial charge in [-0.2, -0.15) is 13.2 Å². The monoisotopic (exact) mass is 459 g/mol. The molecule has 1 aliphatic rings. The Morgan fingerprint density at radius 3 is 2.81 bits per heavy atom. The van der Waals surface area contributed by atoms with Crippen LogP contribution >= 0.6 is 0 Å². The molecule has 1 amide bonds. The molecule has 1 aliphatic heterocycles. The number of hydrogen-bond acceptors (Lipinski definition) is 8. The number of halogens is 3. The van der Waals surface area contributed by atoms with Gasteiger partial charge in [-0.15, -0.1) is 0 Å². The lowest BCUT2D eigenvalue weighted by Crippen LogP contribution is -2.49. The maximum atomic E-state index is 13.5. The average molecular weight is 459 g/mol. The van der Waals surface area contributed by atoms with E-state index in [-0.39, 0.29) is 30.3 Å². The number of aliphatic hydroxyl groups is 3. The summed E-state index contributed by atoms with van der Waals surface area (Å²) < 4.78 is 68.8. The predicted molar refractivity (Wildman–Crippen MR) is 106 cm³/mol. The Hall–Kier alpha value is -2.80. The first-order chi connectivity index (χ1) is 16.2. The number of benzene rings is 1. The normalized spacial score (nSPS) is 22.9. The van der Waals surface area contributed by atoms with Gasteiger partial charge in [-0.05, 0) is 30.5 Å². The molecule has 12 heteroatoms. The molecule has 0 radical (unpaired) electrons. The van der Waals surface area contributed by atoms with Gasteiger partial charge in [-0.3, -0.25) is 4.79 Å². The standard InChI is InChI=1S/C20H23F3N4O5/c1-10-2-3-11(19(31,9-28)20(21,22)23)6-12(10)14-7-25-17(24)16(26-14)18(30)27-13-4-5-32-8-15(13)29/h2-3,6-7,13,15,28-29,31H,4-5,8-9H2,1H3,(H2,24,25)(H,27,30)/t13-,15-,19-/m1/s1/i1D3. The highest BCUT2D eigenvalue weighted by atomic mass is 19.4. The number of rotatable bonds is 5. The largest absolute Gasteiger partial charge is 0.423 e. The number of nitrogens with zero attached hydrogens (tertiary/aromatic N) is 2. The van der Waals surface area contributed by atoms with E-state index < -0.39 is 60.1 Å². The van der Waals surface area contributed by atoms with Gasteiger partial charge >= 0.3 is 6.18 Å². The average Bonchev–Trinajstić information content (AvgIpc) is 2.78. The number of anilines is 1. The van der Waals surface area contributed by atoms with E-state index >= 15 is 0 Å². The third-order valence-electron chi connectivity index (χ3n) is 5.13. The fraction of sp³-hybridized carbons (Fsp3) is 0.450. The van der Waals surface area contributed by atoms with Gasteiger partial charge in [-0.1, -0.05) is 12.1 Å². The van der Waals surface area contributed by atoms with Crippen LogP contribution in [0.4, 0.5) is 19.0 Å². The smallest absolute Gasteiger partial charge is 0.393 e. The lowest BCUT2D eigenvalue weighted by molar-refractivity contribution is -0.277. The maximum absolute atomic E-state index is 13.5. The van der Waals surface area contributed by atoms with Crippen molar-refractivity contribution in [2.45, 2.75) is 37.2 Å². The Balaban J connectivity index is 2.10. The number of carbonyl (C=O) groups is 1. The first-order valence-electron chi connectivity index (χ1n) is 10.9. The molecule has 3 rings (SSSR count). The van der Waals surface area contributed by atoms with Gasteiger partial charge in [0.1, 0.15) is 0 Å². The Kier molecular flexibility index (Phi) is 5.57. The fourth-order valence-electron chi connectivity index (χ4n) is 3.18. The first-order valence-corrected chi connectivity index (χ1v) is 9.43. The summed E-state index contributed by atoms with van der Waals surface area (Å²) in [5, 5.41) is 31.9. The summed E-state index contributed by atoms with van der Waals surface area (Å²) >= 11 is 0. The lowest BCUT2D eigenvalue weighted by atomic mass is 9.90. The molecule has 6 N–H and O–H groups in total. The van der Waals surface area contributed by atoms with Crippen molar-refractivity contribution in [1.29, 1.82) is 0 Å². The number of amides is 1. The Morgan fingerprint density at radius 2 is 2.19 bits per heavy atom. The quantitative estimate of drug-likeness (QED) is 0.437.